The van der Waals surface area contributed by atoms with E-state index in [0.29, 0.717) is 0 Å². The summed E-state index contributed by atoms with van der Waals surface area (Å²) in [6.45, 7) is 2.94. The average molecular weight is 237 g/mol. The van der Waals surface area contributed by atoms with Crippen molar-refractivity contribution in [2.75, 3.05) is 5.32 Å². The number of aromatic amines is 1. The topological polar surface area (TPSA) is 40.7 Å². The Morgan fingerprint density at radius 1 is 1.11 bits per heavy atom. The van der Waals surface area contributed by atoms with E-state index >= 15 is 0 Å². The minimum atomic E-state index is 0.837. The number of nitrogens with one attached hydrogen (secondary N) is 2. The Hall–Kier alpha value is -2.29. The van der Waals surface area contributed by atoms with E-state index in [1.807, 2.05) is 12.3 Å². The van der Waals surface area contributed by atoms with Gasteiger partial charge in [-0.1, -0.05) is 29.8 Å². The molecule has 1 heterocycles. The Balaban J connectivity index is 1.74. The zero-order valence-electron chi connectivity index (χ0n) is 10.3. The fraction of sp³-hybridized carbons (Fsp3) is 0.133. The van der Waals surface area contributed by atoms with Gasteiger partial charge in [-0.25, -0.2) is 0 Å². The lowest BCUT2D eigenvalue weighted by Crippen LogP contribution is -1.98. The van der Waals surface area contributed by atoms with Crippen molar-refractivity contribution >= 4 is 16.6 Å². The van der Waals surface area contributed by atoms with Gasteiger partial charge in [0.1, 0.15) is 0 Å². The highest BCUT2D eigenvalue weighted by Gasteiger charge is 1.98. The molecule has 3 heteroatoms. The Morgan fingerprint density at radius 2 is 1.94 bits per heavy atom. The first-order chi connectivity index (χ1) is 8.81. The Kier molecular flexibility index (Phi) is 2.73. The molecule has 2 N–H and O–H groups in total. The number of aromatic nitrogens is 2. The van der Waals surface area contributed by atoms with Crippen molar-refractivity contribution < 1.29 is 0 Å². The van der Waals surface area contributed by atoms with Gasteiger partial charge in [0, 0.05) is 17.6 Å². The second kappa shape index (κ2) is 4.53. The highest BCUT2D eigenvalue weighted by Crippen LogP contribution is 2.17. The van der Waals surface area contributed by atoms with Crippen LogP contribution in [0.1, 0.15) is 11.1 Å². The van der Waals surface area contributed by atoms with Gasteiger partial charge in [0.2, 0.25) is 0 Å². The van der Waals surface area contributed by atoms with Gasteiger partial charge in [-0.05, 0) is 30.7 Å². The number of aryl methyl sites for hydroxylation is 1. The molecule has 18 heavy (non-hydrogen) atoms. The van der Waals surface area contributed by atoms with Crippen LogP contribution >= 0.6 is 0 Å². The van der Waals surface area contributed by atoms with E-state index in [9.17, 15) is 0 Å². The van der Waals surface area contributed by atoms with Crippen LogP contribution in [0.25, 0.3) is 10.9 Å². The van der Waals surface area contributed by atoms with Crippen LogP contribution in [0.2, 0.25) is 0 Å². The van der Waals surface area contributed by atoms with Gasteiger partial charge in [-0.3, -0.25) is 5.10 Å². The van der Waals surface area contributed by atoms with Crippen LogP contribution in [0, 0.1) is 6.92 Å². The lowest BCUT2D eigenvalue weighted by atomic mass is 10.1. The molecule has 0 unspecified atom stereocenters. The number of rotatable bonds is 3. The number of anilines is 1. The number of hydrogen-bond donors (Lipinski definition) is 2. The number of nitrogens with zero attached hydrogens (tertiary/aromatic N) is 1. The second-order valence-electron chi connectivity index (χ2n) is 4.51. The van der Waals surface area contributed by atoms with Crippen LogP contribution in [0.4, 0.5) is 5.69 Å². The van der Waals surface area contributed by atoms with Crippen molar-refractivity contribution in [1.82, 2.24) is 10.2 Å². The third kappa shape index (κ3) is 2.20. The van der Waals surface area contributed by atoms with Gasteiger partial charge in [0.25, 0.3) is 0 Å². The van der Waals surface area contributed by atoms with E-state index in [-0.39, 0.29) is 0 Å². The molecule has 0 spiro atoms. The van der Waals surface area contributed by atoms with Crippen molar-refractivity contribution in [1.29, 1.82) is 0 Å². The van der Waals surface area contributed by atoms with Crippen molar-refractivity contribution in [2.24, 2.45) is 0 Å². The Labute approximate surface area is 106 Å². The summed E-state index contributed by atoms with van der Waals surface area (Å²) >= 11 is 0. The summed E-state index contributed by atoms with van der Waals surface area (Å²) in [5, 5.41) is 11.5. The number of benzene rings is 2. The van der Waals surface area contributed by atoms with Crippen molar-refractivity contribution in [2.45, 2.75) is 13.5 Å². The number of H-pyrrole nitrogens is 1. The summed E-state index contributed by atoms with van der Waals surface area (Å²) in [5.74, 6) is 0. The Bertz CT molecular complexity index is 653. The van der Waals surface area contributed by atoms with Gasteiger partial charge in [0.05, 0.1) is 11.7 Å². The third-order valence-corrected chi connectivity index (χ3v) is 3.06. The van der Waals surface area contributed by atoms with Crippen LogP contribution in [-0.2, 0) is 6.54 Å². The quantitative estimate of drug-likeness (QED) is 0.732. The first kappa shape index (κ1) is 10.8. The molecule has 0 aliphatic heterocycles. The van der Waals surface area contributed by atoms with Gasteiger partial charge >= 0.3 is 0 Å². The fourth-order valence-corrected chi connectivity index (χ4v) is 1.96. The Morgan fingerprint density at radius 3 is 2.78 bits per heavy atom. The maximum Gasteiger partial charge on any atom is 0.0651 e. The molecule has 90 valence electrons. The van der Waals surface area contributed by atoms with Crippen LogP contribution in [-0.4, -0.2) is 10.2 Å². The van der Waals surface area contributed by atoms with E-state index in [2.05, 4.69) is 58.8 Å². The van der Waals surface area contributed by atoms with E-state index in [4.69, 9.17) is 0 Å². The maximum atomic E-state index is 4.02. The largest absolute Gasteiger partial charge is 0.381 e. The maximum absolute atomic E-state index is 4.02. The predicted molar refractivity (Wildman–Crippen MR) is 74.6 cm³/mol. The van der Waals surface area contributed by atoms with Gasteiger partial charge in [-0.15, -0.1) is 0 Å². The van der Waals surface area contributed by atoms with E-state index in [1.54, 1.807) is 0 Å². The molecule has 0 aliphatic carbocycles. The summed E-state index contributed by atoms with van der Waals surface area (Å²) < 4.78 is 0. The molecule has 2 aromatic carbocycles. The number of hydrogen-bond acceptors (Lipinski definition) is 2. The first-order valence-corrected chi connectivity index (χ1v) is 6.04. The van der Waals surface area contributed by atoms with Gasteiger partial charge in [0.15, 0.2) is 0 Å². The van der Waals surface area contributed by atoms with E-state index in [1.165, 1.54) is 11.1 Å². The molecule has 3 nitrogen and oxygen atoms in total. The molecular formula is C15H15N3. The molecular weight excluding hydrogens is 222 g/mol. The highest BCUT2D eigenvalue weighted by atomic mass is 15.1. The molecule has 0 bridgehead atoms. The summed E-state index contributed by atoms with van der Waals surface area (Å²) in [4.78, 5) is 0. The lowest BCUT2D eigenvalue weighted by Gasteiger charge is -2.06. The third-order valence-electron chi connectivity index (χ3n) is 3.06. The molecule has 0 saturated carbocycles. The predicted octanol–water partition coefficient (Wildman–Crippen LogP) is 3.48. The molecule has 1 aromatic heterocycles. The van der Waals surface area contributed by atoms with Crippen LogP contribution in [0.3, 0.4) is 0 Å². The smallest absolute Gasteiger partial charge is 0.0651 e. The molecule has 0 fully saturated rings. The molecule has 0 atom stereocenters. The molecule has 0 amide bonds. The van der Waals surface area contributed by atoms with E-state index in [0.717, 1.165) is 23.1 Å². The highest BCUT2D eigenvalue weighted by molar-refractivity contribution is 5.81. The number of fused-ring (bicyclic) bond motifs is 1. The van der Waals surface area contributed by atoms with E-state index < -0.39 is 0 Å². The SMILES string of the molecule is Cc1ccc(CNc2ccc3[nH]ncc3c2)cc1. The summed E-state index contributed by atoms with van der Waals surface area (Å²) in [5.41, 5.74) is 4.76. The summed E-state index contributed by atoms with van der Waals surface area (Å²) in [6, 6.07) is 14.8. The van der Waals surface area contributed by atoms with Crippen LogP contribution in [0.15, 0.2) is 48.7 Å². The molecule has 3 aromatic rings. The zero-order chi connectivity index (χ0) is 12.4. The molecule has 0 saturated heterocycles. The van der Waals surface area contributed by atoms with Gasteiger partial charge < -0.3 is 5.32 Å². The summed E-state index contributed by atoms with van der Waals surface area (Å²) in [7, 11) is 0. The van der Waals surface area contributed by atoms with Crippen molar-refractivity contribution in [3.63, 3.8) is 0 Å². The molecule has 0 radical (unpaired) electrons. The average Bonchev–Trinajstić information content (AvgIpc) is 2.85. The van der Waals surface area contributed by atoms with Crippen molar-refractivity contribution in [3.8, 4) is 0 Å². The molecule has 3 rings (SSSR count). The monoisotopic (exact) mass is 237 g/mol. The summed E-state index contributed by atoms with van der Waals surface area (Å²) in [6.07, 6.45) is 1.84. The minimum Gasteiger partial charge on any atom is -0.381 e. The minimum absolute atomic E-state index is 0.837. The second-order valence-corrected chi connectivity index (χ2v) is 4.51. The first-order valence-electron chi connectivity index (χ1n) is 6.04. The van der Waals surface area contributed by atoms with Crippen molar-refractivity contribution in [3.05, 3.63) is 59.8 Å². The lowest BCUT2D eigenvalue weighted by molar-refractivity contribution is 1.12. The van der Waals surface area contributed by atoms with Crippen LogP contribution < -0.4 is 5.32 Å². The molecule has 0 aliphatic rings. The van der Waals surface area contributed by atoms with Crippen LogP contribution in [0.5, 0.6) is 0 Å². The fourth-order valence-electron chi connectivity index (χ4n) is 1.96. The van der Waals surface area contributed by atoms with Gasteiger partial charge in [-0.2, -0.15) is 5.10 Å². The normalized spacial score (nSPS) is 10.7. The standard InChI is InChI=1S/C15H15N3/c1-11-2-4-12(5-3-11)9-16-14-6-7-15-13(8-14)10-17-18-15/h2-8,10,16H,9H2,1H3,(H,17,18). The zero-order valence-corrected chi connectivity index (χ0v) is 10.3.